The Morgan fingerprint density at radius 1 is 1.50 bits per heavy atom. The molecule has 2 rings (SSSR count). The van der Waals surface area contributed by atoms with Crippen LogP contribution in [0.25, 0.3) is 0 Å². The normalized spacial score (nSPS) is 12.9. The third-order valence-corrected chi connectivity index (χ3v) is 1.96. The molecule has 0 aromatic heterocycles. The topological polar surface area (TPSA) is 45.0 Å². The maximum Gasteiger partial charge on any atom is 0.292 e. The zero-order valence-electron chi connectivity index (χ0n) is 6.50. The van der Waals surface area contributed by atoms with Crippen molar-refractivity contribution in [2.75, 3.05) is 11.9 Å². The number of nitrogens with one attached hydrogen (secondary N) is 1. The van der Waals surface area contributed by atoms with Gasteiger partial charge in [-0.25, -0.2) is 0 Å². The maximum absolute atomic E-state index is 8.35. The van der Waals surface area contributed by atoms with Gasteiger partial charge in [-0.1, -0.05) is 12.1 Å². The number of hydrogen-bond donors (Lipinski definition) is 1. The molecule has 1 aromatic rings. The van der Waals surface area contributed by atoms with E-state index in [1.54, 1.807) is 12.3 Å². The average molecular weight is 160 g/mol. The van der Waals surface area contributed by atoms with Crippen molar-refractivity contribution in [3.63, 3.8) is 0 Å². The zero-order chi connectivity index (χ0) is 8.39. The van der Waals surface area contributed by atoms with E-state index in [2.05, 4.69) is 5.32 Å². The Labute approximate surface area is 70.6 Å². The standard InChI is InChI=1S/C9H8N2O/c10-6-12-8-3-1-2-7-4-5-11-9(7)8/h1-3,11H,4-5H2. The molecule has 60 valence electrons. The SMILES string of the molecule is N#COc1cccc2c1NCC2. The Balaban J connectivity index is 2.44. The number of hydrogen-bond acceptors (Lipinski definition) is 3. The molecule has 0 fully saturated rings. The largest absolute Gasteiger partial charge is 0.386 e. The lowest BCUT2D eigenvalue weighted by Crippen LogP contribution is -1.93. The van der Waals surface area contributed by atoms with Gasteiger partial charge in [0.15, 0.2) is 5.75 Å². The summed E-state index contributed by atoms with van der Waals surface area (Å²) in [6.07, 6.45) is 2.69. The third kappa shape index (κ3) is 0.978. The van der Waals surface area contributed by atoms with E-state index in [1.165, 1.54) is 5.56 Å². The van der Waals surface area contributed by atoms with Gasteiger partial charge in [-0.05, 0) is 18.1 Å². The van der Waals surface area contributed by atoms with Gasteiger partial charge in [0, 0.05) is 6.54 Å². The van der Waals surface area contributed by atoms with Crippen molar-refractivity contribution in [2.45, 2.75) is 6.42 Å². The van der Waals surface area contributed by atoms with E-state index in [-0.39, 0.29) is 0 Å². The quantitative estimate of drug-likeness (QED) is 0.633. The first-order chi connectivity index (χ1) is 5.92. The minimum absolute atomic E-state index is 0.632. The van der Waals surface area contributed by atoms with Gasteiger partial charge >= 0.3 is 0 Å². The highest BCUT2D eigenvalue weighted by molar-refractivity contribution is 5.65. The second kappa shape index (κ2) is 2.74. The van der Waals surface area contributed by atoms with E-state index in [0.29, 0.717) is 5.75 Å². The van der Waals surface area contributed by atoms with E-state index >= 15 is 0 Å². The summed E-state index contributed by atoms with van der Waals surface area (Å²) in [5.41, 5.74) is 2.20. The van der Waals surface area contributed by atoms with Crippen molar-refractivity contribution in [3.8, 4) is 12.0 Å². The van der Waals surface area contributed by atoms with Crippen LogP contribution in [-0.2, 0) is 6.42 Å². The Morgan fingerprint density at radius 2 is 2.42 bits per heavy atom. The van der Waals surface area contributed by atoms with E-state index < -0.39 is 0 Å². The van der Waals surface area contributed by atoms with Crippen LogP contribution in [0.4, 0.5) is 5.69 Å². The van der Waals surface area contributed by atoms with Crippen LogP contribution < -0.4 is 10.1 Å². The molecular weight excluding hydrogens is 152 g/mol. The van der Waals surface area contributed by atoms with Crippen molar-refractivity contribution < 1.29 is 4.74 Å². The second-order valence-electron chi connectivity index (χ2n) is 2.66. The molecule has 0 atom stereocenters. The van der Waals surface area contributed by atoms with Gasteiger partial charge in [0.05, 0.1) is 5.69 Å². The van der Waals surface area contributed by atoms with E-state index in [9.17, 15) is 0 Å². The molecule has 0 saturated heterocycles. The second-order valence-corrected chi connectivity index (χ2v) is 2.66. The fourth-order valence-corrected chi connectivity index (χ4v) is 1.44. The molecule has 1 N–H and O–H groups in total. The molecule has 0 saturated carbocycles. The molecule has 0 bridgehead atoms. The number of anilines is 1. The minimum Gasteiger partial charge on any atom is -0.386 e. The van der Waals surface area contributed by atoms with Gasteiger partial charge in [-0.2, -0.15) is 0 Å². The summed E-state index contributed by atoms with van der Waals surface area (Å²) in [5.74, 6) is 0.632. The molecule has 1 aromatic carbocycles. The Hall–Kier alpha value is -1.69. The highest BCUT2D eigenvalue weighted by Gasteiger charge is 2.14. The number of nitriles is 1. The lowest BCUT2D eigenvalue weighted by molar-refractivity contribution is 0.509. The van der Waals surface area contributed by atoms with E-state index in [4.69, 9.17) is 10.00 Å². The monoisotopic (exact) mass is 160 g/mol. The summed E-state index contributed by atoms with van der Waals surface area (Å²) in [5, 5.41) is 11.5. The molecule has 3 nitrogen and oxygen atoms in total. The highest BCUT2D eigenvalue weighted by Crippen LogP contribution is 2.32. The predicted molar refractivity (Wildman–Crippen MR) is 44.9 cm³/mol. The fourth-order valence-electron chi connectivity index (χ4n) is 1.44. The summed E-state index contributed by atoms with van der Waals surface area (Å²) in [6, 6.07) is 5.73. The summed E-state index contributed by atoms with van der Waals surface area (Å²) in [7, 11) is 0. The molecule has 1 heterocycles. The van der Waals surface area contributed by atoms with Gasteiger partial charge in [-0.15, -0.1) is 5.26 Å². The first kappa shape index (κ1) is 6.99. The Morgan fingerprint density at radius 3 is 3.25 bits per heavy atom. The molecule has 12 heavy (non-hydrogen) atoms. The van der Waals surface area contributed by atoms with Gasteiger partial charge in [0.1, 0.15) is 0 Å². The van der Waals surface area contributed by atoms with Gasteiger partial charge in [-0.3, -0.25) is 0 Å². The predicted octanol–water partition coefficient (Wildman–Crippen LogP) is 1.51. The summed E-state index contributed by atoms with van der Waals surface area (Å²) >= 11 is 0. The van der Waals surface area contributed by atoms with Crippen LogP contribution in [0.3, 0.4) is 0 Å². The average Bonchev–Trinajstić information content (AvgIpc) is 2.53. The fraction of sp³-hybridized carbons (Fsp3) is 0.222. The van der Waals surface area contributed by atoms with Crippen molar-refractivity contribution in [1.82, 2.24) is 0 Å². The molecule has 0 aliphatic carbocycles. The van der Waals surface area contributed by atoms with Crippen molar-refractivity contribution >= 4 is 5.69 Å². The van der Waals surface area contributed by atoms with Crippen LogP contribution in [0.2, 0.25) is 0 Å². The Kier molecular flexibility index (Phi) is 1.60. The van der Waals surface area contributed by atoms with Crippen molar-refractivity contribution in [3.05, 3.63) is 23.8 Å². The van der Waals surface area contributed by atoms with E-state index in [0.717, 1.165) is 18.7 Å². The van der Waals surface area contributed by atoms with Crippen LogP contribution in [0.15, 0.2) is 18.2 Å². The first-order valence-electron chi connectivity index (χ1n) is 3.83. The van der Waals surface area contributed by atoms with E-state index in [1.807, 2.05) is 12.1 Å². The van der Waals surface area contributed by atoms with Crippen LogP contribution in [-0.4, -0.2) is 6.54 Å². The number of nitrogens with zero attached hydrogens (tertiary/aromatic N) is 1. The molecule has 0 amide bonds. The molecule has 0 unspecified atom stereocenters. The number of benzene rings is 1. The third-order valence-electron chi connectivity index (χ3n) is 1.96. The molecular formula is C9H8N2O. The molecule has 0 radical (unpaired) electrons. The summed E-state index contributed by atoms with van der Waals surface area (Å²) in [6.45, 7) is 0.932. The van der Waals surface area contributed by atoms with Gasteiger partial charge in [0.2, 0.25) is 0 Å². The van der Waals surface area contributed by atoms with Crippen molar-refractivity contribution in [2.24, 2.45) is 0 Å². The van der Waals surface area contributed by atoms with Gasteiger partial charge in [0.25, 0.3) is 6.26 Å². The van der Waals surface area contributed by atoms with Crippen LogP contribution >= 0.6 is 0 Å². The maximum atomic E-state index is 8.35. The number of fused-ring (bicyclic) bond motifs is 1. The summed E-state index contributed by atoms with van der Waals surface area (Å²) in [4.78, 5) is 0. The smallest absolute Gasteiger partial charge is 0.292 e. The van der Waals surface area contributed by atoms with Crippen LogP contribution in [0.1, 0.15) is 5.56 Å². The lowest BCUT2D eigenvalue weighted by atomic mass is 10.1. The van der Waals surface area contributed by atoms with Gasteiger partial charge < -0.3 is 10.1 Å². The number of rotatable bonds is 1. The lowest BCUT2D eigenvalue weighted by Gasteiger charge is -2.03. The molecule has 0 spiro atoms. The zero-order valence-corrected chi connectivity index (χ0v) is 6.50. The minimum atomic E-state index is 0.632. The highest BCUT2D eigenvalue weighted by atomic mass is 16.5. The molecule has 1 aliphatic rings. The molecule has 1 aliphatic heterocycles. The number of ether oxygens (including phenoxy) is 1. The van der Waals surface area contributed by atoms with Crippen molar-refractivity contribution in [1.29, 1.82) is 5.26 Å². The number of para-hydroxylation sites is 1. The van der Waals surface area contributed by atoms with Crippen LogP contribution in [0, 0.1) is 11.5 Å². The Bertz CT molecular complexity index is 341. The molecule has 3 heteroatoms. The van der Waals surface area contributed by atoms with Crippen LogP contribution in [0.5, 0.6) is 5.75 Å². The summed E-state index contributed by atoms with van der Waals surface area (Å²) < 4.78 is 4.79. The first-order valence-corrected chi connectivity index (χ1v) is 3.83.